The lowest BCUT2D eigenvalue weighted by atomic mass is 10.0. The number of benzene rings is 1. The molecule has 0 aromatic heterocycles. The Morgan fingerprint density at radius 1 is 1.28 bits per heavy atom. The quantitative estimate of drug-likeness (QED) is 0.842. The molecule has 0 spiro atoms. The van der Waals surface area contributed by atoms with Crippen molar-refractivity contribution in [3.8, 4) is 5.75 Å². The summed E-state index contributed by atoms with van der Waals surface area (Å²) in [5.74, 6) is 1.63. The van der Waals surface area contributed by atoms with Crippen molar-refractivity contribution >= 4 is 0 Å². The molecule has 1 aromatic carbocycles. The van der Waals surface area contributed by atoms with Gasteiger partial charge in [0.1, 0.15) is 5.75 Å². The fourth-order valence-corrected chi connectivity index (χ4v) is 2.22. The van der Waals surface area contributed by atoms with Crippen LogP contribution in [0, 0.1) is 5.92 Å². The van der Waals surface area contributed by atoms with Crippen LogP contribution in [0.25, 0.3) is 0 Å². The van der Waals surface area contributed by atoms with Gasteiger partial charge in [-0.25, -0.2) is 0 Å². The van der Waals surface area contributed by atoms with Crippen LogP contribution in [-0.2, 0) is 11.2 Å². The molecule has 2 rings (SSSR count). The SMILES string of the molecule is NCCCc1cccc(OCC2CCOCC2)c1. The van der Waals surface area contributed by atoms with Gasteiger partial charge in [-0.2, -0.15) is 0 Å². The van der Waals surface area contributed by atoms with Crippen molar-refractivity contribution in [2.75, 3.05) is 26.4 Å². The third-order valence-electron chi connectivity index (χ3n) is 3.39. The molecule has 0 aliphatic carbocycles. The molecule has 3 nitrogen and oxygen atoms in total. The van der Waals surface area contributed by atoms with Crippen molar-refractivity contribution in [3.05, 3.63) is 29.8 Å². The predicted octanol–water partition coefficient (Wildman–Crippen LogP) is 2.38. The van der Waals surface area contributed by atoms with Gasteiger partial charge in [0.05, 0.1) is 6.61 Å². The van der Waals surface area contributed by atoms with Gasteiger partial charge >= 0.3 is 0 Å². The molecule has 0 radical (unpaired) electrons. The molecule has 0 atom stereocenters. The zero-order chi connectivity index (χ0) is 12.6. The van der Waals surface area contributed by atoms with Gasteiger partial charge in [0.15, 0.2) is 0 Å². The van der Waals surface area contributed by atoms with Gasteiger partial charge in [0.25, 0.3) is 0 Å². The smallest absolute Gasteiger partial charge is 0.119 e. The molecular formula is C15H23NO2. The number of hydrogen-bond acceptors (Lipinski definition) is 3. The van der Waals surface area contributed by atoms with Crippen molar-refractivity contribution in [1.82, 2.24) is 0 Å². The normalized spacial score (nSPS) is 16.7. The van der Waals surface area contributed by atoms with E-state index in [2.05, 4.69) is 18.2 Å². The predicted molar refractivity (Wildman–Crippen MR) is 72.9 cm³/mol. The Balaban J connectivity index is 1.80. The Labute approximate surface area is 109 Å². The molecule has 0 unspecified atom stereocenters. The van der Waals surface area contributed by atoms with Gasteiger partial charge < -0.3 is 15.2 Å². The molecule has 1 saturated heterocycles. The van der Waals surface area contributed by atoms with Crippen LogP contribution in [0.2, 0.25) is 0 Å². The Bertz CT molecular complexity index is 348. The van der Waals surface area contributed by atoms with Crippen LogP contribution in [0.4, 0.5) is 0 Å². The zero-order valence-corrected chi connectivity index (χ0v) is 10.9. The van der Waals surface area contributed by atoms with Gasteiger partial charge in [0.2, 0.25) is 0 Å². The third kappa shape index (κ3) is 4.31. The molecule has 3 heteroatoms. The minimum atomic E-state index is 0.645. The maximum atomic E-state index is 5.88. The lowest BCUT2D eigenvalue weighted by Gasteiger charge is -2.22. The molecule has 1 aliphatic rings. The van der Waals surface area contributed by atoms with E-state index >= 15 is 0 Å². The van der Waals surface area contributed by atoms with Crippen molar-refractivity contribution < 1.29 is 9.47 Å². The van der Waals surface area contributed by atoms with Crippen molar-refractivity contribution in [1.29, 1.82) is 0 Å². The molecule has 1 aromatic rings. The Hall–Kier alpha value is -1.06. The van der Waals surface area contributed by atoms with E-state index < -0.39 is 0 Å². The summed E-state index contributed by atoms with van der Waals surface area (Å²) in [4.78, 5) is 0. The summed E-state index contributed by atoms with van der Waals surface area (Å²) in [7, 11) is 0. The second-order valence-electron chi connectivity index (χ2n) is 4.91. The summed E-state index contributed by atoms with van der Waals surface area (Å²) in [6.45, 7) is 3.31. The molecule has 100 valence electrons. The van der Waals surface area contributed by atoms with E-state index in [0.29, 0.717) is 5.92 Å². The molecule has 1 heterocycles. The summed E-state index contributed by atoms with van der Waals surface area (Å²) in [6, 6.07) is 8.36. The van der Waals surface area contributed by atoms with Crippen molar-refractivity contribution in [2.24, 2.45) is 11.7 Å². The number of rotatable bonds is 6. The zero-order valence-electron chi connectivity index (χ0n) is 10.9. The second-order valence-corrected chi connectivity index (χ2v) is 4.91. The fraction of sp³-hybridized carbons (Fsp3) is 0.600. The van der Waals surface area contributed by atoms with E-state index in [1.165, 1.54) is 5.56 Å². The fourth-order valence-electron chi connectivity index (χ4n) is 2.22. The van der Waals surface area contributed by atoms with E-state index in [0.717, 1.165) is 57.8 Å². The van der Waals surface area contributed by atoms with E-state index in [1.54, 1.807) is 0 Å². The maximum absolute atomic E-state index is 5.88. The molecule has 1 aliphatic heterocycles. The molecule has 0 saturated carbocycles. The number of hydrogen-bond donors (Lipinski definition) is 1. The lowest BCUT2D eigenvalue weighted by molar-refractivity contribution is 0.0497. The second kappa shape index (κ2) is 7.39. The largest absolute Gasteiger partial charge is 0.493 e. The number of ether oxygens (including phenoxy) is 2. The average Bonchev–Trinajstić information content (AvgIpc) is 2.44. The number of aryl methyl sites for hydroxylation is 1. The minimum Gasteiger partial charge on any atom is -0.493 e. The topological polar surface area (TPSA) is 44.5 Å². The molecule has 0 bridgehead atoms. The summed E-state index contributed by atoms with van der Waals surface area (Å²) >= 11 is 0. The molecule has 1 fully saturated rings. The van der Waals surface area contributed by atoms with Crippen LogP contribution in [0.15, 0.2) is 24.3 Å². The highest BCUT2D eigenvalue weighted by atomic mass is 16.5. The highest BCUT2D eigenvalue weighted by molar-refractivity contribution is 5.28. The van der Waals surface area contributed by atoms with Crippen LogP contribution in [0.5, 0.6) is 5.75 Å². The first-order valence-electron chi connectivity index (χ1n) is 6.88. The maximum Gasteiger partial charge on any atom is 0.119 e. The average molecular weight is 249 g/mol. The van der Waals surface area contributed by atoms with Crippen LogP contribution < -0.4 is 10.5 Å². The first-order chi connectivity index (χ1) is 8.88. The first-order valence-corrected chi connectivity index (χ1v) is 6.88. The van der Waals surface area contributed by atoms with Gasteiger partial charge in [0, 0.05) is 13.2 Å². The Morgan fingerprint density at radius 2 is 2.11 bits per heavy atom. The summed E-state index contributed by atoms with van der Waals surface area (Å²) in [6.07, 6.45) is 4.30. The highest BCUT2D eigenvalue weighted by Gasteiger charge is 2.14. The summed E-state index contributed by atoms with van der Waals surface area (Å²) in [5.41, 5.74) is 6.84. The van der Waals surface area contributed by atoms with Crippen LogP contribution in [-0.4, -0.2) is 26.4 Å². The molecule has 2 N–H and O–H groups in total. The monoisotopic (exact) mass is 249 g/mol. The van der Waals surface area contributed by atoms with Crippen molar-refractivity contribution in [2.45, 2.75) is 25.7 Å². The van der Waals surface area contributed by atoms with E-state index in [-0.39, 0.29) is 0 Å². The van der Waals surface area contributed by atoms with Crippen LogP contribution in [0.3, 0.4) is 0 Å². The van der Waals surface area contributed by atoms with Crippen LogP contribution in [0.1, 0.15) is 24.8 Å². The lowest BCUT2D eigenvalue weighted by Crippen LogP contribution is -2.21. The van der Waals surface area contributed by atoms with Crippen molar-refractivity contribution in [3.63, 3.8) is 0 Å². The van der Waals surface area contributed by atoms with Crippen LogP contribution >= 0.6 is 0 Å². The molecular weight excluding hydrogens is 226 g/mol. The van der Waals surface area contributed by atoms with Gasteiger partial charge in [-0.05, 0) is 55.8 Å². The molecule has 18 heavy (non-hydrogen) atoms. The number of nitrogens with two attached hydrogens (primary N) is 1. The standard InChI is InChI=1S/C15H23NO2/c16-8-2-4-13-3-1-5-15(11-13)18-12-14-6-9-17-10-7-14/h1,3,5,11,14H,2,4,6-10,12,16H2. The van der Waals surface area contributed by atoms with E-state index in [9.17, 15) is 0 Å². The highest BCUT2D eigenvalue weighted by Crippen LogP contribution is 2.19. The Kier molecular flexibility index (Phi) is 5.49. The third-order valence-corrected chi connectivity index (χ3v) is 3.39. The Morgan fingerprint density at radius 3 is 2.89 bits per heavy atom. The van der Waals surface area contributed by atoms with Gasteiger partial charge in [-0.15, -0.1) is 0 Å². The van der Waals surface area contributed by atoms with E-state index in [4.69, 9.17) is 15.2 Å². The first kappa shape index (κ1) is 13.4. The minimum absolute atomic E-state index is 0.645. The van der Waals surface area contributed by atoms with E-state index in [1.807, 2.05) is 6.07 Å². The molecule has 0 amide bonds. The summed E-state index contributed by atoms with van der Waals surface area (Å²) in [5, 5.41) is 0. The van der Waals surface area contributed by atoms with Gasteiger partial charge in [-0.3, -0.25) is 0 Å². The summed E-state index contributed by atoms with van der Waals surface area (Å²) < 4.78 is 11.2. The van der Waals surface area contributed by atoms with Gasteiger partial charge in [-0.1, -0.05) is 12.1 Å².